The molecule has 0 bridgehead atoms. The van der Waals surface area contributed by atoms with Gasteiger partial charge in [-0.1, -0.05) is 79.7 Å². The number of fused-ring (bicyclic) bond motifs is 6. The van der Waals surface area contributed by atoms with Crippen LogP contribution in [0.5, 0.6) is 0 Å². The van der Waals surface area contributed by atoms with Gasteiger partial charge < -0.3 is 15.1 Å². The highest BCUT2D eigenvalue weighted by Crippen LogP contribution is 2.43. The van der Waals surface area contributed by atoms with E-state index in [1.54, 1.807) is 36.5 Å². The molecule has 3 aromatic carbocycles. The van der Waals surface area contributed by atoms with Crippen molar-refractivity contribution in [1.29, 1.82) is 0 Å². The maximum atomic E-state index is 14.2. The Morgan fingerprint density at radius 3 is 2.50 bits per heavy atom. The molecule has 230 valence electrons. The van der Waals surface area contributed by atoms with Crippen LogP contribution in [0.2, 0.25) is 0 Å². The van der Waals surface area contributed by atoms with Crippen molar-refractivity contribution in [1.82, 2.24) is 15.3 Å². The van der Waals surface area contributed by atoms with Crippen LogP contribution in [-0.2, 0) is 15.1 Å². The number of Topliss-reactive ketones (excluding diaryl/α,β-unsaturated/α-hetero) is 3. The van der Waals surface area contributed by atoms with Crippen LogP contribution in [0.4, 0.5) is 11.5 Å². The minimum atomic E-state index is -1.08. The molecule has 0 spiro atoms. The molecule has 9 nitrogen and oxygen atoms in total. The summed E-state index contributed by atoms with van der Waals surface area (Å²) < 4.78 is 0. The largest absolute Gasteiger partial charge is 0.354 e. The zero-order chi connectivity index (χ0) is 32.0. The smallest absolute Gasteiger partial charge is 0.220 e. The molecule has 2 aliphatic carbocycles. The summed E-state index contributed by atoms with van der Waals surface area (Å²) in [6.45, 7) is 4.98. The van der Waals surface area contributed by atoms with E-state index in [1.807, 2.05) is 67.3 Å². The number of anilines is 2. The minimum absolute atomic E-state index is 0.0327. The second-order valence-electron chi connectivity index (χ2n) is 12.1. The first-order chi connectivity index (χ1) is 22.3. The molecule has 0 saturated heterocycles. The topological polar surface area (TPSA) is 113 Å². The van der Waals surface area contributed by atoms with Crippen LogP contribution in [0, 0.1) is 5.92 Å². The van der Waals surface area contributed by atoms with Gasteiger partial charge in [-0.15, -0.1) is 0 Å². The highest BCUT2D eigenvalue weighted by Gasteiger charge is 2.49. The Bertz CT molecular complexity index is 2040. The van der Waals surface area contributed by atoms with Gasteiger partial charge in [-0.25, -0.2) is 9.97 Å². The highest BCUT2D eigenvalue weighted by molar-refractivity contribution is 6.22. The Morgan fingerprint density at radius 2 is 1.70 bits per heavy atom. The van der Waals surface area contributed by atoms with Crippen molar-refractivity contribution in [3.05, 3.63) is 106 Å². The lowest BCUT2D eigenvalue weighted by Crippen LogP contribution is -2.59. The first-order valence-electron chi connectivity index (χ1n) is 15.5. The van der Waals surface area contributed by atoms with Gasteiger partial charge in [0.25, 0.3) is 0 Å². The van der Waals surface area contributed by atoms with Crippen molar-refractivity contribution in [2.45, 2.75) is 32.2 Å². The molecule has 2 atom stereocenters. The maximum absolute atomic E-state index is 14.2. The summed E-state index contributed by atoms with van der Waals surface area (Å²) in [5, 5.41) is 4.65. The van der Waals surface area contributed by atoms with Gasteiger partial charge in [0.15, 0.2) is 23.2 Å². The van der Waals surface area contributed by atoms with E-state index in [0.29, 0.717) is 36.7 Å². The monoisotopic (exact) mass is 611 g/mol. The number of nitrogens with zero attached hydrogens (tertiary/aromatic N) is 4. The standard InChI is InChI=1S/C37H33N5O4/c1-23-18-29-28-19-33(44)27-11-7-6-10-25(27)26(28)12-13-30(29)37(2,35(23)46)42-22-41(31-20-38-21-40-36(31)42)17-16-39-34(45)15-14-32(43)24-8-4-3-5-9-24/h3-13,18-21,23H,14-17,22H2,1-2H3,(H,39,45). The van der Waals surface area contributed by atoms with Crippen molar-refractivity contribution in [2.75, 3.05) is 29.6 Å². The first-order valence-corrected chi connectivity index (χ1v) is 15.5. The Hall–Kier alpha value is -5.44. The highest BCUT2D eigenvalue weighted by atomic mass is 16.2. The van der Waals surface area contributed by atoms with Gasteiger partial charge in [-0.3, -0.25) is 19.2 Å². The Labute approximate surface area is 266 Å². The quantitative estimate of drug-likeness (QED) is 0.302. The molecule has 7 rings (SSSR count). The summed E-state index contributed by atoms with van der Waals surface area (Å²) in [5.74, 6) is -0.0506. The lowest BCUT2D eigenvalue weighted by atomic mass is 9.73. The molecule has 1 amide bonds. The minimum Gasteiger partial charge on any atom is -0.354 e. The summed E-state index contributed by atoms with van der Waals surface area (Å²) in [5.41, 5.74) is 3.64. The van der Waals surface area contributed by atoms with E-state index in [9.17, 15) is 19.2 Å². The summed E-state index contributed by atoms with van der Waals surface area (Å²) in [6, 6.07) is 20.6. The number of hydrogen-bond acceptors (Lipinski definition) is 8. The van der Waals surface area contributed by atoms with E-state index in [2.05, 4.69) is 20.2 Å². The van der Waals surface area contributed by atoms with Gasteiger partial charge in [0.05, 0.1) is 12.9 Å². The molecule has 1 aliphatic heterocycles. The fourth-order valence-electron chi connectivity index (χ4n) is 6.97. The van der Waals surface area contributed by atoms with Crippen LogP contribution in [0.1, 0.15) is 53.0 Å². The zero-order valence-corrected chi connectivity index (χ0v) is 25.7. The van der Waals surface area contributed by atoms with Gasteiger partial charge in [-0.05, 0) is 40.1 Å². The van der Waals surface area contributed by atoms with Gasteiger partial charge in [0, 0.05) is 43.0 Å². The van der Waals surface area contributed by atoms with Crippen LogP contribution in [0.3, 0.4) is 0 Å². The van der Waals surface area contributed by atoms with E-state index < -0.39 is 11.5 Å². The molecule has 0 radical (unpaired) electrons. The van der Waals surface area contributed by atoms with Crippen LogP contribution in [0.15, 0.2) is 79.3 Å². The summed E-state index contributed by atoms with van der Waals surface area (Å²) >= 11 is 0. The fourth-order valence-corrected chi connectivity index (χ4v) is 6.97. The fraction of sp³-hybridized carbons (Fsp3) is 0.243. The molecule has 46 heavy (non-hydrogen) atoms. The van der Waals surface area contributed by atoms with E-state index in [4.69, 9.17) is 0 Å². The summed E-state index contributed by atoms with van der Waals surface area (Å²) in [4.78, 5) is 65.3. The Kier molecular flexibility index (Phi) is 7.31. The van der Waals surface area contributed by atoms with E-state index >= 15 is 0 Å². The molecule has 4 aromatic rings. The first kappa shape index (κ1) is 29.3. The van der Waals surface area contributed by atoms with Crippen molar-refractivity contribution < 1.29 is 19.2 Å². The molecule has 0 fully saturated rings. The third-order valence-electron chi connectivity index (χ3n) is 9.38. The molecule has 9 heteroatoms. The molecular formula is C37H33N5O4. The Balaban J connectivity index is 1.14. The van der Waals surface area contributed by atoms with Gasteiger partial charge in [-0.2, -0.15) is 0 Å². The molecule has 2 heterocycles. The number of carbonyl (C=O) groups is 4. The van der Waals surface area contributed by atoms with E-state index in [1.165, 1.54) is 6.33 Å². The molecule has 1 N–H and O–H groups in total. The second kappa shape index (κ2) is 11.5. The van der Waals surface area contributed by atoms with Crippen molar-refractivity contribution >= 4 is 46.9 Å². The van der Waals surface area contributed by atoms with Crippen molar-refractivity contribution in [3.8, 4) is 11.1 Å². The maximum Gasteiger partial charge on any atom is 0.220 e. The van der Waals surface area contributed by atoms with E-state index in [0.717, 1.165) is 32.8 Å². The lowest BCUT2D eigenvalue weighted by Gasteiger charge is -2.42. The predicted molar refractivity (Wildman–Crippen MR) is 176 cm³/mol. The molecule has 3 aliphatic rings. The van der Waals surface area contributed by atoms with E-state index in [-0.39, 0.29) is 36.1 Å². The predicted octanol–water partition coefficient (Wildman–Crippen LogP) is 3.40. The van der Waals surface area contributed by atoms with Crippen molar-refractivity contribution in [3.63, 3.8) is 0 Å². The normalized spacial score (nSPS) is 19.3. The number of aromatic nitrogens is 2. The third kappa shape index (κ3) is 4.79. The van der Waals surface area contributed by atoms with Crippen molar-refractivity contribution in [2.24, 2.45) is 5.92 Å². The number of amides is 1. The molecule has 0 saturated carbocycles. The van der Waals surface area contributed by atoms with Crippen LogP contribution < -0.4 is 25.6 Å². The number of benzene rings is 3. The molecular weight excluding hydrogens is 578 g/mol. The third-order valence-corrected chi connectivity index (χ3v) is 9.38. The summed E-state index contributed by atoms with van der Waals surface area (Å²) in [6.07, 6.45) is 7.11. The van der Waals surface area contributed by atoms with Crippen LogP contribution >= 0.6 is 0 Å². The van der Waals surface area contributed by atoms with Crippen LogP contribution in [-0.4, -0.2) is 53.0 Å². The number of carbonyl (C=O) groups excluding carboxylic acids is 4. The number of rotatable bonds is 8. The molecule has 2 unspecified atom stereocenters. The van der Waals surface area contributed by atoms with Gasteiger partial charge in [0.1, 0.15) is 17.6 Å². The zero-order valence-electron chi connectivity index (χ0n) is 25.7. The average Bonchev–Trinajstić information content (AvgIpc) is 3.46. The van der Waals surface area contributed by atoms with Gasteiger partial charge >= 0.3 is 0 Å². The van der Waals surface area contributed by atoms with Gasteiger partial charge in [0.2, 0.25) is 5.91 Å². The Morgan fingerprint density at radius 1 is 0.935 bits per heavy atom. The lowest BCUT2D eigenvalue weighted by molar-refractivity contribution is -0.126. The second-order valence-corrected chi connectivity index (χ2v) is 12.1. The number of nitrogens with one attached hydrogen (secondary N) is 1. The summed E-state index contributed by atoms with van der Waals surface area (Å²) in [7, 11) is 0. The van der Waals surface area contributed by atoms with Crippen LogP contribution in [0.25, 0.3) is 23.3 Å². The molecule has 1 aromatic heterocycles. The SMILES string of the molecule is CC1C=c2c(ccc3c2=CC(=O)c2ccccc2-3)C(C)(N2CN(CCNC(=O)CCC(=O)c3ccccc3)c3cncnc32)C1=O. The number of ketones is 3. The average molecular weight is 612 g/mol. The number of hydrogen-bond donors (Lipinski definition) is 1.